The minimum Gasteiger partial charge on any atom is -0.394 e. The molecule has 0 rings (SSSR count). The van der Waals surface area contributed by atoms with Gasteiger partial charge in [-0.15, -0.1) is 0 Å². The van der Waals surface area contributed by atoms with E-state index in [9.17, 15) is 0 Å². The van der Waals surface area contributed by atoms with Gasteiger partial charge in [0, 0.05) is 25.2 Å². The summed E-state index contributed by atoms with van der Waals surface area (Å²) in [5.74, 6) is 0. The highest BCUT2D eigenvalue weighted by molar-refractivity contribution is 4.77. The molecule has 0 amide bonds. The standard InChI is InChI=1S/C13H30N2O2/c1-12(2)15(9-10-17-4)8-6-5-7-13(3,14)11-16/h12,16H,5-11,14H2,1-4H3. The monoisotopic (exact) mass is 246 g/mol. The molecule has 1 atom stereocenters. The highest BCUT2D eigenvalue weighted by Crippen LogP contribution is 2.11. The molecule has 0 aliphatic heterocycles. The molecule has 0 aromatic heterocycles. The summed E-state index contributed by atoms with van der Waals surface area (Å²) in [6, 6.07) is 0.548. The summed E-state index contributed by atoms with van der Waals surface area (Å²) in [4.78, 5) is 2.41. The third-order valence-corrected chi connectivity index (χ3v) is 3.12. The molecule has 0 radical (unpaired) electrons. The highest BCUT2D eigenvalue weighted by atomic mass is 16.5. The van der Waals surface area contributed by atoms with Gasteiger partial charge >= 0.3 is 0 Å². The Hall–Kier alpha value is -0.160. The molecular formula is C13H30N2O2. The Labute approximate surface area is 106 Å². The van der Waals surface area contributed by atoms with E-state index in [2.05, 4.69) is 18.7 Å². The van der Waals surface area contributed by atoms with E-state index in [1.807, 2.05) is 6.92 Å². The smallest absolute Gasteiger partial charge is 0.0608 e. The maximum Gasteiger partial charge on any atom is 0.0608 e. The second-order valence-corrected chi connectivity index (χ2v) is 5.39. The van der Waals surface area contributed by atoms with Crippen LogP contribution < -0.4 is 5.73 Å². The number of nitrogens with zero attached hydrogens (tertiary/aromatic N) is 1. The molecule has 0 heterocycles. The number of hydrogen-bond acceptors (Lipinski definition) is 4. The van der Waals surface area contributed by atoms with Gasteiger partial charge in [-0.05, 0) is 40.2 Å². The number of methoxy groups -OCH3 is 1. The summed E-state index contributed by atoms with van der Waals surface area (Å²) in [6.07, 6.45) is 3.05. The third kappa shape index (κ3) is 8.55. The van der Waals surface area contributed by atoms with Gasteiger partial charge in [0.1, 0.15) is 0 Å². The van der Waals surface area contributed by atoms with Crippen LogP contribution in [0.15, 0.2) is 0 Å². The van der Waals surface area contributed by atoms with Crippen LogP contribution in [0.2, 0.25) is 0 Å². The van der Waals surface area contributed by atoms with Gasteiger partial charge in [0.2, 0.25) is 0 Å². The first kappa shape index (κ1) is 16.8. The van der Waals surface area contributed by atoms with Crippen LogP contribution in [-0.2, 0) is 4.74 Å². The molecule has 0 aromatic carbocycles. The van der Waals surface area contributed by atoms with E-state index in [1.165, 1.54) is 0 Å². The van der Waals surface area contributed by atoms with Crippen LogP contribution in [-0.4, -0.2) is 55.0 Å². The molecule has 3 N–H and O–H groups in total. The Balaban J connectivity index is 3.75. The Bertz CT molecular complexity index is 184. The molecule has 1 unspecified atom stereocenters. The Morgan fingerprint density at radius 2 is 1.94 bits per heavy atom. The number of unbranched alkanes of at least 4 members (excludes halogenated alkanes) is 1. The molecular weight excluding hydrogens is 216 g/mol. The lowest BCUT2D eigenvalue weighted by molar-refractivity contribution is 0.126. The van der Waals surface area contributed by atoms with E-state index in [0.29, 0.717) is 6.04 Å². The molecule has 0 aromatic rings. The van der Waals surface area contributed by atoms with E-state index in [1.54, 1.807) is 7.11 Å². The summed E-state index contributed by atoms with van der Waals surface area (Å²) >= 11 is 0. The van der Waals surface area contributed by atoms with Crippen molar-refractivity contribution in [1.82, 2.24) is 4.90 Å². The summed E-state index contributed by atoms with van der Waals surface area (Å²) in [5.41, 5.74) is 5.47. The van der Waals surface area contributed by atoms with Gasteiger partial charge in [0.15, 0.2) is 0 Å². The van der Waals surface area contributed by atoms with Crippen LogP contribution in [0, 0.1) is 0 Å². The number of nitrogens with two attached hydrogens (primary N) is 1. The predicted molar refractivity (Wildman–Crippen MR) is 72.1 cm³/mol. The van der Waals surface area contributed by atoms with Gasteiger partial charge < -0.3 is 15.6 Å². The molecule has 0 saturated carbocycles. The van der Waals surface area contributed by atoms with Crippen molar-refractivity contribution in [1.29, 1.82) is 0 Å². The average molecular weight is 246 g/mol. The topological polar surface area (TPSA) is 58.7 Å². The molecule has 0 aliphatic rings. The highest BCUT2D eigenvalue weighted by Gasteiger charge is 2.16. The van der Waals surface area contributed by atoms with Crippen molar-refractivity contribution in [3.63, 3.8) is 0 Å². The second kappa shape index (κ2) is 8.86. The fourth-order valence-corrected chi connectivity index (χ4v) is 1.76. The molecule has 17 heavy (non-hydrogen) atoms. The Kier molecular flexibility index (Phi) is 8.78. The molecule has 0 spiro atoms. The summed E-state index contributed by atoms with van der Waals surface area (Å²) in [6.45, 7) is 9.20. The lowest BCUT2D eigenvalue weighted by Gasteiger charge is -2.27. The minimum absolute atomic E-state index is 0.0601. The lowest BCUT2D eigenvalue weighted by atomic mass is 9.97. The van der Waals surface area contributed by atoms with Crippen LogP contribution in [0.1, 0.15) is 40.0 Å². The van der Waals surface area contributed by atoms with Crippen molar-refractivity contribution < 1.29 is 9.84 Å². The van der Waals surface area contributed by atoms with Crippen LogP contribution in [0.5, 0.6) is 0 Å². The van der Waals surface area contributed by atoms with Crippen molar-refractivity contribution in [2.75, 3.05) is 33.4 Å². The van der Waals surface area contributed by atoms with Gasteiger partial charge in [-0.1, -0.05) is 6.42 Å². The Morgan fingerprint density at radius 1 is 1.29 bits per heavy atom. The largest absolute Gasteiger partial charge is 0.394 e. The van der Waals surface area contributed by atoms with E-state index in [4.69, 9.17) is 15.6 Å². The van der Waals surface area contributed by atoms with Crippen molar-refractivity contribution in [2.45, 2.75) is 51.6 Å². The van der Waals surface area contributed by atoms with Crippen molar-refractivity contribution in [3.05, 3.63) is 0 Å². The lowest BCUT2D eigenvalue weighted by Crippen LogP contribution is -2.40. The fourth-order valence-electron chi connectivity index (χ4n) is 1.76. The molecule has 4 heteroatoms. The van der Waals surface area contributed by atoms with Crippen LogP contribution in [0.4, 0.5) is 0 Å². The number of rotatable bonds is 10. The third-order valence-electron chi connectivity index (χ3n) is 3.12. The van der Waals surface area contributed by atoms with Gasteiger partial charge in [0.05, 0.1) is 13.2 Å². The number of ether oxygens (including phenoxy) is 1. The number of aliphatic hydroxyl groups is 1. The minimum atomic E-state index is -0.421. The van der Waals surface area contributed by atoms with Gasteiger partial charge in [-0.3, -0.25) is 4.90 Å². The molecule has 0 aliphatic carbocycles. The normalized spacial score (nSPS) is 15.5. The Morgan fingerprint density at radius 3 is 2.41 bits per heavy atom. The first-order valence-electron chi connectivity index (χ1n) is 6.55. The predicted octanol–water partition coefficient (Wildman–Crippen LogP) is 1.22. The average Bonchev–Trinajstić information content (AvgIpc) is 2.27. The van der Waals surface area contributed by atoms with Gasteiger partial charge in [-0.25, -0.2) is 0 Å². The summed E-state index contributed by atoms with van der Waals surface area (Å²) < 4.78 is 5.11. The van der Waals surface area contributed by atoms with E-state index in [0.717, 1.165) is 39.0 Å². The van der Waals surface area contributed by atoms with E-state index in [-0.39, 0.29) is 6.61 Å². The zero-order valence-electron chi connectivity index (χ0n) is 11.9. The van der Waals surface area contributed by atoms with E-state index >= 15 is 0 Å². The van der Waals surface area contributed by atoms with E-state index < -0.39 is 5.54 Å². The maximum atomic E-state index is 9.05. The zero-order valence-corrected chi connectivity index (χ0v) is 11.9. The second-order valence-electron chi connectivity index (χ2n) is 5.39. The summed E-state index contributed by atoms with van der Waals surface area (Å²) in [5, 5.41) is 9.05. The molecule has 4 nitrogen and oxygen atoms in total. The van der Waals surface area contributed by atoms with Crippen LogP contribution >= 0.6 is 0 Å². The fraction of sp³-hybridized carbons (Fsp3) is 1.00. The maximum absolute atomic E-state index is 9.05. The SMILES string of the molecule is COCCN(CCCCC(C)(N)CO)C(C)C. The van der Waals surface area contributed by atoms with Crippen molar-refractivity contribution in [3.8, 4) is 0 Å². The molecule has 0 saturated heterocycles. The number of hydrogen-bond donors (Lipinski definition) is 2. The van der Waals surface area contributed by atoms with Crippen molar-refractivity contribution >= 4 is 0 Å². The first-order valence-corrected chi connectivity index (χ1v) is 6.55. The van der Waals surface area contributed by atoms with Crippen molar-refractivity contribution in [2.24, 2.45) is 5.73 Å². The molecule has 0 fully saturated rings. The summed E-state index contributed by atoms with van der Waals surface area (Å²) in [7, 11) is 1.74. The zero-order chi connectivity index (χ0) is 13.3. The number of aliphatic hydroxyl groups excluding tert-OH is 1. The first-order chi connectivity index (χ1) is 7.93. The van der Waals surface area contributed by atoms with Crippen LogP contribution in [0.25, 0.3) is 0 Å². The molecule has 0 bridgehead atoms. The van der Waals surface area contributed by atoms with Gasteiger partial charge in [-0.2, -0.15) is 0 Å². The quantitative estimate of drug-likeness (QED) is 0.569. The van der Waals surface area contributed by atoms with Crippen LogP contribution in [0.3, 0.4) is 0 Å². The van der Waals surface area contributed by atoms with Gasteiger partial charge in [0.25, 0.3) is 0 Å². The molecule has 104 valence electrons.